The summed E-state index contributed by atoms with van der Waals surface area (Å²) in [5, 5.41) is 0. The molecule has 0 radical (unpaired) electrons. The van der Waals surface area contributed by atoms with Gasteiger partial charge in [0.2, 0.25) is 0 Å². The number of benzene rings is 2. The summed E-state index contributed by atoms with van der Waals surface area (Å²) in [6, 6.07) is 8.47. The van der Waals surface area contributed by atoms with Gasteiger partial charge in [-0.05, 0) is 67.0 Å². The molecule has 0 spiro atoms. The molecule has 0 heterocycles. The van der Waals surface area contributed by atoms with Crippen molar-refractivity contribution in [1.29, 1.82) is 0 Å². The monoisotopic (exact) mass is 420 g/mol. The minimum atomic E-state index is 0.586. The zero-order valence-corrected chi connectivity index (χ0v) is 22.1. The molecule has 3 heteroatoms. The molecule has 2 aromatic rings. The van der Waals surface area contributed by atoms with E-state index in [-0.39, 0.29) is 0 Å². The highest BCUT2D eigenvalue weighted by Gasteiger charge is 2.04. The highest BCUT2D eigenvalue weighted by atomic mass is 32.1. The van der Waals surface area contributed by atoms with Crippen LogP contribution in [0, 0.1) is 20.8 Å². The van der Waals surface area contributed by atoms with Crippen LogP contribution in [0.3, 0.4) is 0 Å². The fourth-order valence-electron chi connectivity index (χ4n) is 2.40. The average molecular weight is 421 g/mol. The first-order valence-electron chi connectivity index (χ1n) is 11.1. The molecule has 0 saturated carbocycles. The summed E-state index contributed by atoms with van der Waals surface area (Å²) in [5.74, 6) is 0.586. The minimum absolute atomic E-state index is 0.586. The van der Waals surface area contributed by atoms with E-state index in [1.165, 1.54) is 22.3 Å². The second-order valence-corrected chi connectivity index (χ2v) is 6.90. The molecule has 2 aromatic carbocycles. The molecule has 4 N–H and O–H groups in total. The Morgan fingerprint density at radius 3 is 1.41 bits per heavy atom. The number of nitrogen functional groups attached to an aromatic ring is 2. The molecule has 0 amide bonds. The van der Waals surface area contributed by atoms with Crippen molar-refractivity contribution in [3.63, 3.8) is 0 Å². The van der Waals surface area contributed by atoms with Gasteiger partial charge in [-0.1, -0.05) is 80.5 Å². The molecular formula is C26H48N2S. The summed E-state index contributed by atoms with van der Waals surface area (Å²) >= 11 is 4.27. The van der Waals surface area contributed by atoms with E-state index < -0.39 is 0 Å². The molecule has 0 aliphatic rings. The van der Waals surface area contributed by atoms with E-state index in [1.807, 2.05) is 54.5 Å². The van der Waals surface area contributed by atoms with Crippen LogP contribution in [0.1, 0.15) is 96.0 Å². The first-order chi connectivity index (χ1) is 13.7. The van der Waals surface area contributed by atoms with E-state index in [4.69, 9.17) is 11.5 Å². The van der Waals surface area contributed by atoms with Crippen LogP contribution in [0.25, 0.3) is 0 Å². The fraction of sp³-hybridized carbons (Fsp3) is 0.538. The largest absolute Gasteiger partial charge is 0.398 e. The van der Waals surface area contributed by atoms with Gasteiger partial charge in [0, 0.05) is 16.3 Å². The van der Waals surface area contributed by atoms with Crippen LogP contribution in [-0.2, 0) is 6.42 Å². The normalized spacial score (nSPS) is 8.90. The molecule has 0 atom stereocenters. The van der Waals surface area contributed by atoms with Gasteiger partial charge in [0.25, 0.3) is 0 Å². The zero-order valence-electron chi connectivity index (χ0n) is 21.2. The summed E-state index contributed by atoms with van der Waals surface area (Å²) in [6.45, 7) is 24.7. The van der Waals surface area contributed by atoms with Crippen molar-refractivity contribution >= 4 is 24.0 Å². The predicted molar refractivity (Wildman–Crippen MR) is 141 cm³/mol. The SMILES string of the molecule is CC.CC.CC.CCc1cc(C)c(N)c(S)c1.Cc1cc(C(C)C)cc(C)c1N. The maximum atomic E-state index is 5.85. The van der Waals surface area contributed by atoms with E-state index in [1.54, 1.807) is 0 Å². The number of thiol groups is 1. The lowest BCUT2D eigenvalue weighted by atomic mass is 9.97. The smallest absolute Gasteiger partial charge is 0.0479 e. The molecule has 168 valence electrons. The summed E-state index contributed by atoms with van der Waals surface area (Å²) in [5.41, 5.74) is 19.5. The Balaban J connectivity index is -0.000000371. The van der Waals surface area contributed by atoms with Gasteiger partial charge < -0.3 is 11.5 Å². The molecule has 0 bridgehead atoms. The molecule has 0 aromatic heterocycles. The van der Waals surface area contributed by atoms with Crippen molar-refractivity contribution in [3.8, 4) is 0 Å². The van der Waals surface area contributed by atoms with Crippen LogP contribution >= 0.6 is 12.6 Å². The van der Waals surface area contributed by atoms with Crippen molar-refractivity contribution < 1.29 is 0 Å². The van der Waals surface area contributed by atoms with Gasteiger partial charge in [0.15, 0.2) is 0 Å². The summed E-state index contributed by atoms with van der Waals surface area (Å²) in [7, 11) is 0. The molecule has 0 saturated heterocycles. The Morgan fingerprint density at radius 1 is 0.724 bits per heavy atom. The summed E-state index contributed by atoms with van der Waals surface area (Å²) in [4.78, 5) is 0.891. The second kappa shape index (κ2) is 18.4. The molecule has 29 heavy (non-hydrogen) atoms. The molecule has 2 rings (SSSR count). The van der Waals surface area contributed by atoms with Crippen LogP contribution in [0.5, 0.6) is 0 Å². The van der Waals surface area contributed by atoms with Gasteiger partial charge in [-0.25, -0.2) is 0 Å². The Labute approximate surface area is 187 Å². The lowest BCUT2D eigenvalue weighted by molar-refractivity contribution is 0.863. The van der Waals surface area contributed by atoms with Gasteiger partial charge in [-0.3, -0.25) is 0 Å². The fourth-order valence-corrected chi connectivity index (χ4v) is 2.74. The Bertz CT molecular complexity index is 630. The van der Waals surface area contributed by atoms with Crippen molar-refractivity contribution in [2.45, 2.75) is 100 Å². The number of anilines is 2. The Kier molecular flexibility index (Phi) is 20.4. The van der Waals surface area contributed by atoms with Crippen LogP contribution < -0.4 is 11.5 Å². The van der Waals surface area contributed by atoms with Gasteiger partial charge in [0.05, 0.1) is 0 Å². The average Bonchev–Trinajstić information content (AvgIpc) is 2.74. The van der Waals surface area contributed by atoms with Crippen LogP contribution in [0.2, 0.25) is 0 Å². The van der Waals surface area contributed by atoms with E-state index >= 15 is 0 Å². The molecule has 0 aliphatic carbocycles. The van der Waals surface area contributed by atoms with E-state index in [0.29, 0.717) is 5.92 Å². The Morgan fingerprint density at radius 2 is 1.10 bits per heavy atom. The third kappa shape index (κ3) is 11.9. The van der Waals surface area contributed by atoms with E-state index in [0.717, 1.165) is 28.3 Å². The molecule has 0 fully saturated rings. The number of nitrogens with two attached hydrogens (primary N) is 2. The predicted octanol–water partition coefficient (Wildman–Crippen LogP) is 8.52. The van der Waals surface area contributed by atoms with Crippen molar-refractivity contribution in [1.82, 2.24) is 0 Å². The minimum Gasteiger partial charge on any atom is -0.398 e. The highest BCUT2D eigenvalue weighted by Crippen LogP contribution is 2.23. The van der Waals surface area contributed by atoms with Crippen molar-refractivity contribution in [3.05, 3.63) is 52.1 Å². The quantitative estimate of drug-likeness (QED) is 0.337. The third-order valence-electron chi connectivity index (χ3n) is 4.12. The summed E-state index contributed by atoms with van der Waals surface area (Å²) in [6.07, 6.45) is 1.04. The maximum Gasteiger partial charge on any atom is 0.0479 e. The number of aryl methyl sites for hydroxylation is 4. The Hall–Kier alpha value is -1.61. The second-order valence-electron chi connectivity index (χ2n) is 6.42. The number of rotatable bonds is 2. The van der Waals surface area contributed by atoms with Crippen LogP contribution in [-0.4, -0.2) is 0 Å². The maximum absolute atomic E-state index is 5.85. The highest BCUT2D eigenvalue weighted by molar-refractivity contribution is 7.80. The van der Waals surface area contributed by atoms with E-state index in [2.05, 4.69) is 65.4 Å². The lowest BCUT2D eigenvalue weighted by Crippen LogP contribution is -1.97. The first kappa shape index (κ1) is 32.1. The summed E-state index contributed by atoms with van der Waals surface area (Å²) < 4.78 is 0. The van der Waals surface area contributed by atoms with Crippen molar-refractivity contribution in [2.75, 3.05) is 11.5 Å². The zero-order chi connectivity index (χ0) is 23.7. The standard InChI is InChI=1S/C11H17N.C9H13NS.3C2H6/c1-7(2)10-5-8(3)11(12)9(4)6-10;1-3-7-4-6(2)9(10)8(11)5-7;3*1-2/h5-7H,12H2,1-4H3;4-5,11H,3,10H2,1-2H3;3*1-2H3. The first-order valence-corrected chi connectivity index (χ1v) is 11.6. The lowest BCUT2D eigenvalue weighted by Gasteiger charge is -2.10. The molecule has 0 aliphatic heterocycles. The molecule has 2 nitrogen and oxygen atoms in total. The van der Waals surface area contributed by atoms with Gasteiger partial charge in [-0.2, -0.15) is 0 Å². The molecule has 0 unspecified atom stereocenters. The topological polar surface area (TPSA) is 52.0 Å². The van der Waals surface area contributed by atoms with Gasteiger partial charge in [-0.15, -0.1) is 12.6 Å². The number of hydrogen-bond acceptors (Lipinski definition) is 3. The van der Waals surface area contributed by atoms with Gasteiger partial charge >= 0.3 is 0 Å². The van der Waals surface area contributed by atoms with Crippen molar-refractivity contribution in [2.24, 2.45) is 0 Å². The van der Waals surface area contributed by atoms with Gasteiger partial charge in [0.1, 0.15) is 0 Å². The van der Waals surface area contributed by atoms with Crippen LogP contribution in [0.4, 0.5) is 11.4 Å². The van der Waals surface area contributed by atoms with Crippen LogP contribution in [0.15, 0.2) is 29.2 Å². The number of hydrogen-bond donors (Lipinski definition) is 3. The molecular weight excluding hydrogens is 372 g/mol. The van der Waals surface area contributed by atoms with E-state index in [9.17, 15) is 0 Å². The third-order valence-corrected chi connectivity index (χ3v) is 4.49.